The van der Waals surface area contributed by atoms with E-state index in [9.17, 15) is 9.90 Å². The lowest BCUT2D eigenvalue weighted by Crippen LogP contribution is -2.23. The minimum Gasteiger partial charge on any atom is -0.481 e. The lowest BCUT2D eigenvalue weighted by atomic mass is 9.95. The third-order valence-corrected chi connectivity index (χ3v) is 4.69. The van der Waals surface area contributed by atoms with Gasteiger partial charge in [-0.25, -0.2) is 0 Å². The second-order valence-electron chi connectivity index (χ2n) is 5.13. The van der Waals surface area contributed by atoms with Crippen molar-refractivity contribution >= 4 is 17.3 Å². The van der Waals surface area contributed by atoms with Crippen LogP contribution >= 0.6 is 11.3 Å². The van der Waals surface area contributed by atoms with Crippen molar-refractivity contribution in [3.8, 4) is 0 Å². The fourth-order valence-electron chi connectivity index (χ4n) is 2.80. The number of carboxylic acid groups (broad SMARTS) is 1. The summed E-state index contributed by atoms with van der Waals surface area (Å²) < 4.78 is 0. The van der Waals surface area contributed by atoms with Crippen molar-refractivity contribution in [2.75, 3.05) is 13.1 Å². The van der Waals surface area contributed by atoms with Crippen molar-refractivity contribution in [3.63, 3.8) is 0 Å². The highest BCUT2D eigenvalue weighted by atomic mass is 32.1. The van der Waals surface area contributed by atoms with E-state index >= 15 is 0 Å². The molecule has 1 aromatic carbocycles. The largest absolute Gasteiger partial charge is 0.481 e. The van der Waals surface area contributed by atoms with Crippen molar-refractivity contribution in [2.45, 2.75) is 12.5 Å². The first-order valence-electron chi connectivity index (χ1n) is 6.61. The van der Waals surface area contributed by atoms with Gasteiger partial charge in [-0.3, -0.25) is 14.7 Å². The van der Waals surface area contributed by atoms with Crippen molar-refractivity contribution in [3.05, 3.63) is 52.5 Å². The average molecular weight is 288 g/mol. The highest BCUT2D eigenvalue weighted by Gasteiger charge is 2.39. The zero-order chi connectivity index (χ0) is 13.9. The van der Waals surface area contributed by atoms with E-state index in [0.29, 0.717) is 6.54 Å². The van der Waals surface area contributed by atoms with Gasteiger partial charge < -0.3 is 5.11 Å². The minimum atomic E-state index is -0.709. The molecular weight excluding hydrogens is 272 g/mol. The molecule has 1 saturated heterocycles. The molecule has 0 radical (unpaired) electrons. The van der Waals surface area contributed by atoms with Crippen LogP contribution in [-0.2, 0) is 11.3 Å². The summed E-state index contributed by atoms with van der Waals surface area (Å²) in [5.74, 6) is -0.984. The predicted octanol–water partition coefficient (Wildman–Crippen LogP) is 2.44. The quantitative estimate of drug-likeness (QED) is 0.939. The monoisotopic (exact) mass is 288 g/mol. The molecular formula is C15H16N2O2S. The summed E-state index contributed by atoms with van der Waals surface area (Å²) in [5.41, 5.74) is 3.00. The molecule has 1 fully saturated rings. The number of carbonyl (C=O) groups is 1. The predicted molar refractivity (Wildman–Crippen MR) is 77.7 cm³/mol. The second-order valence-corrected chi connectivity index (χ2v) is 6.05. The van der Waals surface area contributed by atoms with Crippen LogP contribution in [0, 0.1) is 5.92 Å². The van der Waals surface area contributed by atoms with Gasteiger partial charge in [-0.15, -0.1) is 11.3 Å². The SMILES string of the molecule is O=C(O)C1CN(Cc2ccccc2)CC1c1cncs1. The normalized spacial score (nSPS) is 23.0. The first-order valence-corrected chi connectivity index (χ1v) is 7.49. The fraction of sp³-hybridized carbons (Fsp3) is 0.333. The molecule has 0 saturated carbocycles. The molecule has 3 rings (SSSR count). The molecule has 2 heterocycles. The highest BCUT2D eigenvalue weighted by molar-refractivity contribution is 7.09. The number of rotatable bonds is 4. The number of likely N-dealkylation sites (tertiary alicyclic amines) is 1. The first kappa shape index (κ1) is 13.3. The summed E-state index contributed by atoms with van der Waals surface area (Å²) in [6, 6.07) is 10.2. The minimum absolute atomic E-state index is 0.0590. The van der Waals surface area contributed by atoms with E-state index < -0.39 is 5.97 Å². The van der Waals surface area contributed by atoms with Crippen molar-refractivity contribution in [2.24, 2.45) is 5.92 Å². The van der Waals surface area contributed by atoms with Gasteiger partial charge in [0.05, 0.1) is 11.4 Å². The summed E-state index contributed by atoms with van der Waals surface area (Å²) in [6.07, 6.45) is 1.80. The van der Waals surface area contributed by atoms with Crippen molar-refractivity contribution < 1.29 is 9.90 Å². The number of carboxylic acids is 1. The molecule has 0 bridgehead atoms. The molecule has 1 N–H and O–H groups in total. The van der Waals surface area contributed by atoms with Gasteiger partial charge in [-0.1, -0.05) is 30.3 Å². The Bertz CT molecular complexity index is 571. The number of aliphatic carboxylic acids is 1. The molecule has 2 atom stereocenters. The van der Waals surface area contributed by atoms with Crippen molar-refractivity contribution in [1.82, 2.24) is 9.88 Å². The molecule has 0 spiro atoms. The lowest BCUT2D eigenvalue weighted by molar-refractivity contribution is -0.141. The van der Waals surface area contributed by atoms with Crippen LogP contribution in [0.5, 0.6) is 0 Å². The van der Waals surface area contributed by atoms with Crippen LogP contribution in [0.1, 0.15) is 16.4 Å². The maximum atomic E-state index is 11.5. The number of thiazole rings is 1. The molecule has 4 nitrogen and oxygen atoms in total. The zero-order valence-corrected chi connectivity index (χ0v) is 11.8. The highest BCUT2D eigenvalue weighted by Crippen LogP contribution is 2.35. The molecule has 2 unspecified atom stereocenters. The number of nitrogens with zero attached hydrogens (tertiary/aromatic N) is 2. The van der Waals surface area contributed by atoms with Gasteiger partial charge in [0.15, 0.2) is 0 Å². The van der Waals surface area contributed by atoms with E-state index in [1.807, 2.05) is 18.2 Å². The molecule has 2 aromatic rings. The van der Waals surface area contributed by atoms with E-state index in [4.69, 9.17) is 0 Å². The third-order valence-electron chi connectivity index (χ3n) is 3.78. The first-order chi connectivity index (χ1) is 9.74. The number of hydrogen-bond donors (Lipinski definition) is 1. The van der Waals surface area contributed by atoms with E-state index in [2.05, 4.69) is 22.0 Å². The average Bonchev–Trinajstić information content (AvgIpc) is 3.08. The van der Waals surface area contributed by atoms with Crippen LogP contribution in [0.2, 0.25) is 0 Å². The number of benzene rings is 1. The molecule has 5 heteroatoms. The number of hydrogen-bond acceptors (Lipinski definition) is 4. The Hall–Kier alpha value is -1.72. The van der Waals surface area contributed by atoms with Gasteiger partial charge in [0.2, 0.25) is 0 Å². The smallest absolute Gasteiger partial charge is 0.308 e. The van der Waals surface area contributed by atoms with Gasteiger partial charge in [0.1, 0.15) is 0 Å². The van der Waals surface area contributed by atoms with Gasteiger partial charge >= 0.3 is 5.97 Å². The summed E-state index contributed by atoms with van der Waals surface area (Å²) in [6.45, 7) is 2.20. The zero-order valence-electron chi connectivity index (χ0n) is 11.0. The number of aromatic nitrogens is 1. The second kappa shape index (κ2) is 5.73. The molecule has 104 valence electrons. The molecule has 0 aliphatic carbocycles. The van der Waals surface area contributed by atoms with E-state index in [-0.39, 0.29) is 11.8 Å². The topological polar surface area (TPSA) is 53.4 Å². The van der Waals surface area contributed by atoms with Crippen LogP contribution in [0.25, 0.3) is 0 Å². The van der Waals surface area contributed by atoms with Gasteiger partial charge in [-0.2, -0.15) is 0 Å². The van der Waals surface area contributed by atoms with Crippen LogP contribution in [0.3, 0.4) is 0 Å². The summed E-state index contributed by atoms with van der Waals surface area (Å²) >= 11 is 1.55. The van der Waals surface area contributed by atoms with Gasteiger partial charge in [-0.05, 0) is 5.56 Å². The summed E-state index contributed by atoms with van der Waals surface area (Å²) in [5, 5.41) is 9.42. The van der Waals surface area contributed by atoms with Gasteiger partial charge in [0, 0.05) is 36.6 Å². The van der Waals surface area contributed by atoms with E-state index in [1.54, 1.807) is 23.0 Å². The molecule has 0 amide bonds. The Morgan fingerprint density at radius 3 is 2.80 bits per heavy atom. The van der Waals surface area contributed by atoms with Gasteiger partial charge in [0.25, 0.3) is 0 Å². The lowest BCUT2D eigenvalue weighted by Gasteiger charge is -2.15. The third kappa shape index (κ3) is 2.73. The van der Waals surface area contributed by atoms with Crippen LogP contribution < -0.4 is 0 Å². The van der Waals surface area contributed by atoms with Crippen molar-refractivity contribution in [1.29, 1.82) is 0 Å². The molecule has 1 aliphatic heterocycles. The molecule has 20 heavy (non-hydrogen) atoms. The maximum Gasteiger partial charge on any atom is 0.308 e. The summed E-state index contributed by atoms with van der Waals surface area (Å²) in [4.78, 5) is 18.8. The van der Waals surface area contributed by atoms with Crippen LogP contribution in [-0.4, -0.2) is 34.0 Å². The standard InChI is InChI=1S/C15H16N2O2S/c18-15(19)13-9-17(7-11-4-2-1-3-5-11)8-12(13)14-6-16-10-20-14/h1-6,10,12-13H,7-9H2,(H,18,19). The van der Waals surface area contributed by atoms with E-state index in [1.165, 1.54) is 5.56 Å². The molecule has 1 aromatic heterocycles. The summed E-state index contributed by atoms with van der Waals surface area (Å²) in [7, 11) is 0. The van der Waals surface area contributed by atoms with Crippen LogP contribution in [0.15, 0.2) is 42.0 Å². The Labute approximate surface area is 121 Å². The van der Waals surface area contributed by atoms with E-state index in [0.717, 1.165) is 18.0 Å². The maximum absolute atomic E-state index is 11.5. The Kier molecular flexibility index (Phi) is 3.80. The molecule has 1 aliphatic rings. The Morgan fingerprint density at radius 1 is 1.35 bits per heavy atom. The Balaban J connectivity index is 1.75. The Morgan fingerprint density at radius 2 is 2.15 bits per heavy atom. The fourth-order valence-corrected chi connectivity index (χ4v) is 3.58. The van der Waals surface area contributed by atoms with Crippen LogP contribution in [0.4, 0.5) is 0 Å².